The molecule has 0 fully saturated rings. The Labute approximate surface area is 192 Å². The Morgan fingerprint density at radius 2 is 1.41 bits per heavy atom. The van der Waals surface area contributed by atoms with E-state index in [1.165, 1.54) is 0 Å². The fourth-order valence-electron chi connectivity index (χ4n) is 2.73. The second-order valence-electron chi connectivity index (χ2n) is 7.82. The number of carboxylic acid groups (broad SMARTS) is 2. The zero-order valence-corrected chi connectivity index (χ0v) is 19.3. The molecule has 0 radical (unpaired) electrons. The van der Waals surface area contributed by atoms with Crippen LogP contribution >= 0.6 is 12.6 Å². The van der Waals surface area contributed by atoms with Gasteiger partial charge >= 0.3 is 11.9 Å². The number of carbonyl (C=O) groups is 5. The lowest BCUT2D eigenvalue weighted by Gasteiger charge is -2.24. The van der Waals surface area contributed by atoms with Gasteiger partial charge < -0.3 is 37.6 Å². The van der Waals surface area contributed by atoms with Gasteiger partial charge in [-0.3, -0.25) is 19.2 Å². The van der Waals surface area contributed by atoms with Gasteiger partial charge in [-0.1, -0.05) is 20.3 Å². The van der Waals surface area contributed by atoms with Crippen molar-refractivity contribution in [1.82, 2.24) is 16.0 Å². The average molecular weight is 478 g/mol. The zero-order chi connectivity index (χ0) is 24.8. The minimum Gasteiger partial charge on any atom is -0.481 e. The molecule has 32 heavy (non-hydrogen) atoms. The molecular formula is C19H35N5O7S. The van der Waals surface area contributed by atoms with Crippen molar-refractivity contribution in [2.24, 2.45) is 17.4 Å². The molecule has 0 saturated carbocycles. The van der Waals surface area contributed by atoms with E-state index in [1.54, 1.807) is 13.8 Å². The van der Waals surface area contributed by atoms with E-state index in [2.05, 4.69) is 28.6 Å². The maximum atomic E-state index is 12.6. The van der Waals surface area contributed by atoms with E-state index in [-0.39, 0.29) is 18.1 Å². The first-order valence-corrected chi connectivity index (χ1v) is 11.0. The summed E-state index contributed by atoms with van der Waals surface area (Å²) in [7, 11) is 0. The lowest BCUT2D eigenvalue weighted by molar-refractivity contribution is -0.143. The SMILES string of the molecule is CC(C)CC(NC(=O)C(CS)NC(=O)C(CC(=O)O)NC(=O)C(N)CCCCN)C(=O)O. The largest absolute Gasteiger partial charge is 0.481 e. The highest BCUT2D eigenvalue weighted by atomic mass is 32.1. The highest BCUT2D eigenvalue weighted by Gasteiger charge is 2.31. The van der Waals surface area contributed by atoms with Crippen molar-refractivity contribution in [3.05, 3.63) is 0 Å². The van der Waals surface area contributed by atoms with Gasteiger partial charge in [-0.25, -0.2) is 4.79 Å². The van der Waals surface area contributed by atoms with Crippen molar-refractivity contribution in [3.8, 4) is 0 Å². The number of carboxylic acids is 2. The second kappa shape index (κ2) is 15.4. The highest BCUT2D eigenvalue weighted by Crippen LogP contribution is 2.06. The number of thiol groups is 1. The first-order valence-electron chi connectivity index (χ1n) is 10.3. The molecule has 12 nitrogen and oxygen atoms in total. The number of hydrogen-bond acceptors (Lipinski definition) is 8. The van der Waals surface area contributed by atoms with Crippen molar-refractivity contribution in [3.63, 3.8) is 0 Å². The lowest BCUT2D eigenvalue weighted by atomic mass is 10.0. The summed E-state index contributed by atoms with van der Waals surface area (Å²) in [6, 6.07) is -4.85. The fourth-order valence-corrected chi connectivity index (χ4v) is 2.99. The zero-order valence-electron chi connectivity index (χ0n) is 18.4. The summed E-state index contributed by atoms with van der Waals surface area (Å²) in [5.41, 5.74) is 11.2. The van der Waals surface area contributed by atoms with Crippen LogP contribution in [0.25, 0.3) is 0 Å². The van der Waals surface area contributed by atoms with Crippen molar-refractivity contribution in [2.75, 3.05) is 12.3 Å². The van der Waals surface area contributed by atoms with E-state index in [0.29, 0.717) is 25.8 Å². The number of nitrogens with one attached hydrogen (secondary N) is 3. The number of carbonyl (C=O) groups excluding carboxylic acids is 3. The second-order valence-corrected chi connectivity index (χ2v) is 8.19. The van der Waals surface area contributed by atoms with E-state index >= 15 is 0 Å². The quantitative estimate of drug-likeness (QED) is 0.0950. The number of hydrogen-bond donors (Lipinski definition) is 8. The van der Waals surface area contributed by atoms with Gasteiger partial charge in [0, 0.05) is 5.75 Å². The number of rotatable bonds is 16. The van der Waals surface area contributed by atoms with Crippen molar-refractivity contribution in [2.45, 2.75) is 70.1 Å². The van der Waals surface area contributed by atoms with E-state index in [0.717, 1.165) is 0 Å². The molecule has 0 bridgehead atoms. The normalized spacial score (nSPS) is 14.7. The first-order chi connectivity index (χ1) is 14.9. The minimum absolute atomic E-state index is 0.00957. The molecule has 0 saturated heterocycles. The smallest absolute Gasteiger partial charge is 0.326 e. The molecule has 0 aliphatic heterocycles. The van der Waals surface area contributed by atoms with Gasteiger partial charge in [-0.05, 0) is 31.7 Å². The molecule has 0 heterocycles. The standard InChI is InChI=1S/C19H35N5O7S/c1-10(2)7-13(19(30)31)23-18(29)14(9-32)24-17(28)12(8-15(25)26)22-16(27)11(21)5-3-4-6-20/h10-14,32H,3-9,20-21H2,1-2H3,(H,22,27)(H,23,29)(H,24,28)(H,25,26)(H,30,31). The minimum atomic E-state index is -1.48. The summed E-state index contributed by atoms with van der Waals surface area (Å²) >= 11 is 4.01. The predicted molar refractivity (Wildman–Crippen MR) is 120 cm³/mol. The van der Waals surface area contributed by atoms with Crippen LogP contribution in [0.4, 0.5) is 0 Å². The van der Waals surface area contributed by atoms with Crippen LogP contribution in [-0.2, 0) is 24.0 Å². The van der Waals surface area contributed by atoms with Crippen LogP contribution in [0.2, 0.25) is 0 Å². The number of unbranched alkanes of at least 4 members (excludes halogenated alkanes) is 1. The third-order valence-electron chi connectivity index (χ3n) is 4.45. The van der Waals surface area contributed by atoms with Gasteiger partial charge in [0.2, 0.25) is 17.7 Å². The highest BCUT2D eigenvalue weighted by molar-refractivity contribution is 7.80. The monoisotopic (exact) mass is 477 g/mol. The van der Waals surface area contributed by atoms with Gasteiger partial charge in [0.15, 0.2) is 0 Å². The third-order valence-corrected chi connectivity index (χ3v) is 4.82. The molecule has 3 amide bonds. The van der Waals surface area contributed by atoms with E-state index in [4.69, 9.17) is 16.6 Å². The molecule has 9 N–H and O–H groups in total. The predicted octanol–water partition coefficient (Wildman–Crippen LogP) is -1.57. The van der Waals surface area contributed by atoms with Gasteiger partial charge in [-0.15, -0.1) is 0 Å². The Bertz CT molecular complexity index is 662. The van der Waals surface area contributed by atoms with Crippen LogP contribution in [-0.4, -0.2) is 76.3 Å². The molecular weight excluding hydrogens is 442 g/mol. The van der Waals surface area contributed by atoms with Crippen LogP contribution in [0.1, 0.15) is 46.0 Å². The van der Waals surface area contributed by atoms with Gasteiger partial charge in [-0.2, -0.15) is 12.6 Å². The van der Waals surface area contributed by atoms with Crippen LogP contribution in [0.3, 0.4) is 0 Å². The Morgan fingerprint density at radius 3 is 1.88 bits per heavy atom. The van der Waals surface area contributed by atoms with E-state index in [1.807, 2.05) is 0 Å². The summed E-state index contributed by atoms with van der Waals surface area (Å²) in [5, 5.41) is 25.3. The van der Waals surface area contributed by atoms with Crippen LogP contribution in [0, 0.1) is 5.92 Å². The molecule has 4 unspecified atom stereocenters. The summed E-state index contributed by atoms with van der Waals surface area (Å²) in [6.45, 7) is 4.02. The van der Waals surface area contributed by atoms with E-state index in [9.17, 15) is 29.1 Å². The average Bonchev–Trinajstić information content (AvgIpc) is 2.69. The summed E-state index contributed by atoms with van der Waals surface area (Å²) in [6.07, 6.45) is 0.989. The van der Waals surface area contributed by atoms with Gasteiger partial charge in [0.1, 0.15) is 18.1 Å². The van der Waals surface area contributed by atoms with Crippen molar-refractivity contribution < 1.29 is 34.2 Å². The number of nitrogens with two attached hydrogens (primary N) is 2. The van der Waals surface area contributed by atoms with Gasteiger partial charge in [0.25, 0.3) is 0 Å². The third kappa shape index (κ3) is 11.9. The number of aliphatic carboxylic acids is 2. The Balaban J connectivity index is 5.18. The summed E-state index contributed by atoms with van der Waals surface area (Å²) in [5.74, 6) is -5.20. The number of amides is 3. The molecule has 0 aliphatic rings. The molecule has 0 aromatic carbocycles. The molecule has 13 heteroatoms. The molecule has 0 spiro atoms. The Hall–Kier alpha value is -2.38. The summed E-state index contributed by atoms with van der Waals surface area (Å²) < 4.78 is 0. The van der Waals surface area contributed by atoms with Crippen LogP contribution < -0.4 is 27.4 Å². The van der Waals surface area contributed by atoms with Crippen LogP contribution in [0.5, 0.6) is 0 Å². The lowest BCUT2D eigenvalue weighted by Crippen LogP contribution is -2.58. The van der Waals surface area contributed by atoms with Crippen LogP contribution in [0.15, 0.2) is 0 Å². The Kier molecular flexibility index (Phi) is 14.3. The topological polar surface area (TPSA) is 214 Å². The molecule has 4 atom stereocenters. The van der Waals surface area contributed by atoms with E-state index < -0.39 is 60.2 Å². The van der Waals surface area contributed by atoms with Crippen molar-refractivity contribution >= 4 is 42.3 Å². The van der Waals surface area contributed by atoms with Gasteiger partial charge in [0.05, 0.1) is 12.5 Å². The molecule has 0 rings (SSSR count). The molecule has 0 aliphatic carbocycles. The first kappa shape index (κ1) is 29.6. The van der Waals surface area contributed by atoms with Crippen molar-refractivity contribution in [1.29, 1.82) is 0 Å². The molecule has 184 valence electrons. The summed E-state index contributed by atoms with van der Waals surface area (Å²) in [4.78, 5) is 59.8. The maximum Gasteiger partial charge on any atom is 0.326 e. The maximum absolute atomic E-state index is 12.6. The Morgan fingerprint density at radius 1 is 0.875 bits per heavy atom. The molecule has 0 aromatic rings. The molecule has 0 aromatic heterocycles. The fraction of sp³-hybridized carbons (Fsp3) is 0.737.